The summed E-state index contributed by atoms with van der Waals surface area (Å²) in [5.74, 6) is -2.75. The maximum Gasteiger partial charge on any atom is 0.490 e. The molecule has 9 nitrogen and oxygen atoms in total. The summed E-state index contributed by atoms with van der Waals surface area (Å²) in [5.41, 5.74) is -0.00214. The van der Waals surface area contributed by atoms with Crippen LogP contribution in [0.25, 0.3) is 0 Å². The number of halogens is 3. The second-order valence-corrected chi connectivity index (χ2v) is 9.10. The average molecular weight is 460 g/mol. The van der Waals surface area contributed by atoms with E-state index in [0.29, 0.717) is 5.56 Å². The Hall–Kier alpha value is -2.63. The summed E-state index contributed by atoms with van der Waals surface area (Å²) in [4.78, 5) is 35.4. The van der Waals surface area contributed by atoms with Crippen LogP contribution >= 0.6 is 0 Å². The summed E-state index contributed by atoms with van der Waals surface area (Å²) < 4.78 is 33.4. The molecule has 0 bridgehead atoms. The van der Waals surface area contributed by atoms with Gasteiger partial charge in [-0.2, -0.15) is 18.3 Å². The van der Waals surface area contributed by atoms with Crippen LogP contribution < -0.4 is 5.32 Å². The quantitative estimate of drug-likeness (QED) is 0.625. The summed E-state index contributed by atoms with van der Waals surface area (Å²) in [6, 6.07) is 0.179. The number of carbonyl (C=O) groups is 3. The lowest BCUT2D eigenvalue weighted by Gasteiger charge is -2.45. The number of rotatable bonds is 4. The van der Waals surface area contributed by atoms with E-state index in [1.807, 2.05) is 4.90 Å². The first kappa shape index (κ1) is 24.0. The first-order valence-electron chi connectivity index (χ1n) is 10.4. The van der Waals surface area contributed by atoms with Gasteiger partial charge in [-0.1, -0.05) is 0 Å². The van der Waals surface area contributed by atoms with Gasteiger partial charge in [0.05, 0.1) is 23.8 Å². The third-order valence-electron chi connectivity index (χ3n) is 6.46. The molecule has 12 heteroatoms. The fourth-order valence-corrected chi connectivity index (χ4v) is 4.53. The van der Waals surface area contributed by atoms with Crippen molar-refractivity contribution in [2.24, 2.45) is 12.5 Å². The number of aryl methyl sites for hydroxylation is 1. The molecule has 178 valence electrons. The predicted molar refractivity (Wildman–Crippen MR) is 104 cm³/mol. The molecule has 1 saturated heterocycles. The number of hydrogen-bond donors (Lipinski definition) is 3. The standard InChI is InChI=1S/C18H26N4O3.C2HF3O2/c1-21-11-13(10-19-21)16(24)20-14-7-17(8-14)5-6-22(12-17)15(23)9-18(25)3-2-4-18;3-2(4,5)1(6)7/h10-11,14,25H,2-9,12H2,1H3,(H,20,24);(H,6,7). The Morgan fingerprint density at radius 3 is 2.34 bits per heavy atom. The van der Waals surface area contributed by atoms with E-state index >= 15 is 0 Å². The normalized spacial score (nSPS) is 25.9. The van der Waals surface area contributed by atoms with E-state index in [9.17, 15) is 27.9 Å². The van der Waals surface area contributed by atoms with Crippen LogP contribution in [0.4, 0.5) is 13.2 Å². The van der Waals surface area contributed by atoms with Crippen LogP contribution in [-0.4, -0.2) is 73.6 Å². The third kappa shape index (κ3) is 5.59. The predicted octanol–water partition coefficient (Wildman–Crippen LogP) is 1.47. The number of nitrogens with zero attached hydrogens (tertiary/aromatic N) is 3. The molecule has 2 heterocycles. The lowest BCUT2D eigenvalue weighted by Crippen LogP contribution is -2.52. The van der Waals surface area contributed by atoms with Crippen LogP contribution in [0, 0.1) is 5.41 Å². The minimum Gasteiger partial charge on any atom is -0.475 e. The van der Waals surface area contributed by atoms with Gasteiger partial charge in [0.2, 0.25) is 5.91 Å². The van der Waals surface area contributed by atoms with Crippen molar-refractivity contribution in [1.29, 1.82) is 0 Å². The molecule has 1 aliphatic heterocycles. The number of carboxylic acids is 1. The first-order valence-corrected chi connectivity index (χ1v) is 10.4. The van der Waals surface area contributed by atoms with E-state index in [1.165, 1.54) is 0 Å². The van der Waals surface area contributed by atoms with E-state index in [2.05, 4.69) is 10.4 Å². The summed E-state index contributed by atoms with van der Waals surface area (Å²) in [5, 5.41) is 24.4. The molecular formula is C20H27F3N4O5. The molecule has 3 aliphatic rings. The monoisotopic (exact) mass is 460 g/mol. The molecule has 0 atom stereocenters. The fraction of sp³-hybridized carbons (Fsp3) is 0.700. The van der Waals surface area contributed by atoms with Crippen LogP contribution in [-0.2, 0) is 16.6 Å². The summed E-state index contributed by atoms with van der Waals surface area (Å²) in [7, 11) is 1.79. The lowest BCUT2D eigenvalue weighted by atomic mass is 9.65. The molecule has 0 radical (unpaired) electrons. The van der Waals surface area contributed by atoms with Gasteiger partial charge in [-0.05, 0) is 43.9 Å². The fourth-order valence-electron chi connectivity index (χ4n) is 4.53. The largest absolute Gasteiger partial charge is 0.490 e. The Balaban J connectivity index is 0.000000360. The number of hydrogen-bond acceptors (Lipinski definition) is 5. The zero-order valence-corrected chi connectivity index (χ0v) is 17.7. The summed E-state index contributed by atoms with van der Waals surface area (Å²) in [6.07, 6.45) is 3.84. The van der Waals surface area contributed by atoms with E-state index in [4.69, 9.17) is 9.90 Å². The molecule has 4 rings (SSSR count). The smallest absolute Gasteiger partial charge is 0.475 e. The molecule has 3 fully saturated rings. The van der Waals surface area contributed by atoms with E-state index in [1.54, 1.807) is 24.1 Å². The number of aliphatic carboxylic acids is 1. The molecule has 2 amide bonds. The number of amides is 2. The Morgan fingerprint density at radius 2 is 1.88 bits per heavy atom. The SMILES string of the molecule is Cn1cc(C(=O)NC2CC3(CCN(C(=O)CC4(O)CCC4)C3)C2)cn1.O=C(O)C(F)(F)F. The van der Waals surface area contributed by atoms with Crippen molar-refractivity contribution in [3.8, 4) is 0 Å². The van der Waals surface area contributed by atoms with Crippen molar-refractivity contribution >= 4 is 17.8 Å². The molecule has 1 aromatic heterocycles. The Labute approximate surface area is 182 Å². The Bertz CT molecular complexity index is 875. The van der Waals surface area contributed by atoms with Crippen molar-refractivity contribution < 1.29 is 37.8 Å². The van der Waals surface area contributed by atoms with Crippen molar-refractivity contribution in [3.63, 3.8) is 0 Å². The van der Waals surface area contributed by atoms with Gasteiger partial charge in [-0.15, -0.1) is 0 Å². The van der Waals surface area contributed by atoms with Gasteiger partial charge < -0.3 is 20.4 Å². The molecule has 3 N–H and O–H groups in total. The van der Waals surface area contributed by atoms with Crippen LogP contribution in [0.2, 0.25) is 0 Å². The molecule has 2 saturated carbocycles. The second-order valence-electron chi connectivity index (χ2n) is 9.10. The van der Waals surface area contributed by atoms with Crippen molar-refractivity contribution in [2.45, 2.75) is 62.8 Å². The number of carbonyl (C=O) groups excluding carboxylic acids is 2. The Kier molecular flexibility index (Phi) is 6.55. The maximum absolute atomic E-state index is 12.4. The molecule has 32 heavy (non-hydrogen) atoms. The molecule has 1 spiro atoms. The van der Waals surface area contributed by atoms with Crippen LogP contribution in [0.15, 0.2) is 12.4 Å². The second kappa shape index (κ2) is 8.72. The number of likely N-dealkylation sites (tertiary alicyclic amines) is 1. The highest BCUT2D eigenvalue weighted by Crippen LogP contribution is 2.48. The van der Waals surface area contributed by atoms with Gasteiger partial charge in [-0.3, -0.25) is 14.3 Å². The molecule has 0 unspecified atom stereocenters. The van der Waals surface area contributed by atoms with Gasteiger partial charge in [0.15, 0.2) is 0 Å². The highest BCUT2D eigenvalue weighted by Gasteiger charge is 2.50. The van der Waals surface area contributed by atoms with Crippen molar-refractivity contribution in [3.05, 3.63) is 18.0 Å². The molecule has 2 aliphatic carbocycles. The van der Waals surface area contributed by atoms with Gasteiger partial charge in [0.25, 0.3) is 5.91 Å². The van der Waals surface area contributed by atoms with E-state index in [-0.39, 0.29) is 29.7 Å². The number of alkyl halides is 3. The number of aliphatic hydroxyl groups is 1. The van der Waals surface area contributed by atoms with Crippen LogP contribution in [0.5, 0.6) is 0 Å². The van der Waals surface area contributed by atoms with Crippen molar-refractivity contribution in [1.82, 2.24) is 20.0 Å². The highest BCUT2D eigenvalue weighted by atomic mass is 19.4. The van der Waals surface area contributed by atoms with E-state index in [0.717, 1.165) is 51.6 Å². The minimum absolute atomic E-state index is 0.0777. The number of nitrogens with one attached hydrogen (secondary N) is 1. The Morgan fingerprint density at radius 1 is 1.25 bits per heavy atom. The number of aromatic nitrogens is 2. The molecular weight excluding hydrogens is 433 g/mol. The summed E-state index contributed by atoms with van der Waals surface area (Å²) >= 11 is 0. The lowest BCUT2D eigenvalue weighted by molar-refractivity contribution is -0.192. The number of carboxylic acid groups (broad SMARTS) is 1. The van der Waals surface area contributed by atoms with Crippen LogP contribution in [0.3, 0.4) is 0 Å². The van der Waals surface area contributed by atoms with Crippen LogP contribution in [0.1, 0.15) is 55.3 Å². The van der Waals surface area contributed by atoms with Gasteiger partial charge >= 0.3 is 12.1 Å². The summed E-state index contributed by atoms with van der Waals surface area (Å²) in [6.45, 7) is 1.54. The van der Waals surface area contributed by atoms with E-state index < -0.39 is 17.7 Å². The zero-order chi connectivity index (χ0) is 23.7. The minimum atomic E-state index is -5.08. The zero-order valence-electron chi connectivity index (χ0n) is 17.7. The van der Waals surface area contributed by atoms with Gasteiger partial charge in [0, 0.05) is 32.4 Å². The average Bonchev–Trinajstić information content (AvgIpc) is 3.27. The first-order chi connectivity index (χ1) is 14.8. The maximum atomic E-state index is 12.4. The topological polar surface area (TPSA) is 125 Å². The van der Waals surface area contributed by atoms with Crippen molar-refractivity contribution in [2.75, 3.05) is 13.1 Å². The third-order valence-corrected chi connectivity index (χ3v) is 6.46. The van der Waals surface area contributed by atoms with Gasteiger partial charge in [-0.25, -0.2) is 4.79 Å². The molecule has 1 aromatic rings. The van der Waals surface area contributed by atoms with Gasteiger partial charge in [0.1, 0.15) is 0 Å². The molecule has 0 aromatic carbocycles. The highest BCUT2D eigenvalue weighted by molar-refractivity contribution is 5.94.